The topological polar surface area (TPSA) is 22.1 Å². The standard InChI is InChI=1S/C10H7BrINO/c1-14-6-2-7-8(9(11)3-6)4-13-5-10(7)12/h2-5H,1H3. The molecule has 1 aromatic carbocycles. The molecule has 0 aliphatic rings. The highest BCUT2D eigenvalue weighted by atomic mass is 127. The van der Waals surface area contributed by atoms with E-state index in [4.69, 9.17) is 4.74 Å². The van der Waals surface area contributed by atoms with Crippen molar-refractivity contribution in [3.05, 3.63) is 32.6 Å². The van der Waals surface area contributed by atoms with Crippen LogP contribution in [0.15, 0.2) is 29.0 Å². The monoisotopic (exact) mass is 363 g/mol. The number of hydrogen-bond donors (Lipinski definition) is 0. The van der Waals surface area contributed by atoms with Gasteiger partial charge in [0.05, 0.1) is 7.11 Å². The Bertz CT molecular complexity index is 487. The average molecular weight is 364 g/mol. The number of halogens is 2. The summed E-state index contributed by atoms with van der Waals surface area (Å²) in [6.07, 6.45) is 3.69. The van der Waals surface area contributed by atoms with Crippen LogP contribution < -0.4 is 4.74 Å². The highest BCUT2D eigenvalue weighted by Gasteiger charge is 2.05. The second kappa shape index (κ2) is 4.02. The van der Waals surface area contributed by atoms with E-state index in [0.29, 0.717) is 0 Å². The Hall–Kier alpha value is -0.360. The third-order valence-corrected chi connectivity index (χ3v) is 3.50. The molecular weight excluding hydrogens is 357 g/mol. The molecule has 14 heavy (non-hydrogen) atoms. The number of ether oxygens (including phenoxy) is 1. The van der Waals surface area contributed by atoms with Crippen LogP contribution in [0.5, 0.6) is 5.75 Å². The maximum atomic E-state index is 5.20. The number of rotatable bonds is 1. The van der Waals surface area contributed by atoms with E-state index < -0.39 is 0 Å². The Morgan fingerprint density at radius 2 is 2.07 bits per heavy atom. The Kier molecular flexibility index (Phi) is 2.92. The summed E-state index contributed by atoms with van der Waals surface area (Å²) in [5.41, 5.74) is 0. The number of methoxy groups -OCH3 is 1. The molecule has 72 valence electrons. The molecule has 0 N–H and O–H groups in total. The van der Waals surface area contributed by atoms with Gasteiger partial charge in [0.1, 0.15) is 5.75 Å². The number of hydrogen-bond acceptors (Lipinski definition) is 2. The first kappa shape index (κ1) is 10.2. The van der Waals surface area contributed by atoms with Crippen molar-refractivity contribution in [2.24, 2.45) is 0 Å². The lowest BCUT2D eigenvalue weighted by molar-refractivity contribution is 0.415. The van der Waals surface area contributed by atoms with E-state index >= 15 is 0 Å². The fourth-order valence-corrected chi connectivity index (χ4v) is 2.44. The summed E-state index contributed by atoms with van der Waals surface area (Å²) in [7, 11) is 1.67. The lowest BCUT2D eigenvalue weighted by Crippen LogP contribution is -1.86. The molecule has 0 atom stereocenters. The van der Waals surface area contributed by atoms with Crippen LogP contribution in [0, 0.1) is 3.57 Å². The number of pyridine rings is 1. The molecule has 0 aliphatic carbocycles. The van der Waals surface area contributed by atoms with Crippen molar-refractivity contribution in [2.45, 2.75) is 0 Å². The molecule has 0 spiro atoms. The van der Waals surface area contributed by atoms with E-state index in [2.05, 4.69) is 43.5 Å². The van der Waals surface area contributed by atoms with E-state index in [-0.39, 0.29) is 0 Å². The van der Waals surface area contributed by atoms with Crippen LogP contribution in [0.3, 0.4) is 0 Å². The SMILES string of the molecule is COc1cc(Br)c2cncc(I)c2c1. The molecule has 0 aliphatic heterocycles. The molecule has 0 bridgehead atoms. The third-order valence-electron chi connectivity index (χ3n) is 1.99. The largest absolute Gasteiger partial charge is 0.497 e. The molecule has 4 heteroatoms. The molecule has 0 amide bonds. The number of fused-ring (bicyclic) bond motifs is 1. The van der Waals surface area contributed by atoms with Gasteiger partial charge in [-0.25, -0.2) is 0 Å². The Morgan fingerprint density at radius 3 is 2.79 bits per heavy atom. The van der Waals surface area contributed by atoms with Crippen LogP contribution in [0.2, 0.25) is 0 Å². The molecule has 2 aromatic rings. The van der Waals surface area contributed by atoms with E-state index in [9.17, 15) is 0 Å². The fourth-order valence-electron chi connectivity index (χ4n) is 1.29. The molecule has 0 saturated heterocycles. The number of aromatic nitrogens is 1. The minimum Gasteiger partial charge on any atom is -0.497 e. The minimum absolute atomic E-state index is 0.855. The summed E-state index contributed by atoms with van der Waals surface area (Å²) in [5, 5.41) is 2.27. The highest BCUT2D eigenvalue weighted by Crippen LogP contribution is 2.31. The predicted octanol–water partition coefficient (Wildman–Crippen LogP) is 3.61. The molecule has 1 heterocycles. The quantitative estimate of drug-likeness (QED) is 0.722. The Morgan fingerprint density at radius 1 is 1.29 bits per heavy atom. The van der Waals surface area contributed by atoms with Gasteiger partial charge in [0.25, 0.3) is 0 Å². The van der Waals surface area contributed by atoms with Crippen molar-refractivity contribution >= 4 is 49.3 Å². The van der Waals surface area contributed by atoms with Crippen molar-refractivity contribution in [2.75, 3.05) is 7.11 Å². The molecule has 0 unspecified atom stereocenters. The summed E-state index contributed by atoms with van der Waals surface area (Å²) in [4.78, 5) is 4.15. The van der Waals surface area contributed by atoms with Crippen molar-refractivity contribution in [3.63, 3.8) is 0 Å². The van der Waals surface area contributed by atoms with Crippen molar-refractivity contribution in [1.82, 2.24) is 4.98 Å². The van der Waals surface area contributed by atoms with Gasteiger partial charge in [0, 0.05) is 31.2 Å². The van der Waals surface area contributed by atoms with E-state index in [1.807, 2.05) is 24.5 Å². The average Bonchev–Trinajstić information content (AvgIpc) is 2.19. The van der Waals surface area contributed by atoms with Gasteiger partial charge in [-0.3, -0.25) is 4.98 Å². The van der Waals surface area contributed by atoms with Crippen molar-refractivity contribution < 1.29 is 4.74 Å². The lowest BCUT2D eigenvalue weighted by Gasteiger charge is -2.05. The second-order valence-electron chi connectivity index (χ2n) is 2.83. The molecular formula is C10H7BrINO. The summed E-state index contributed by atoms with van der Waals surface area (Å²) >= 11 is 5.77. The van der Waals surface area contributed by atoms with Gasteiger partial charge in [0.2, 0.25) is 0 Å². The summed E-state index contributed by atoms with van der Waals surface area (Å²) < 4.78 is 7.34. The first-order valence-electron chi connectivity index (χ1n) is 3.99. The van der Waals surface area contributed by atoms with Gasteiger partial charge in [-0.15, -0.1) is 0 Å². The predicted molar refractivity (Wildman–Crippen MR) is 68.7 cm³/mol. The van der Waals surface area contributed by atoms with Gasteiger partial charge in [-0.2, -0.15) is 0 Å². The highest BCUT2D eigenvalue weighted by molar-refractivity contribution is 14.1. The van der Waals surface area contributed by atoms with E-state index in [1.165, 1.54) is 0 Å². The fraction of sp³-hybridized carbons (Fsp3) is 0.100. The second-order valence-corrected chi connectivity index (χ2v) is 4.84. The van der Waals surface area contributed by atoms with Crippen LogP contribution in [0.1, 0.15) is 0 Å². The van der Waals surface area contributed by atoms with Crippen LogP contribution in [0.4, 0.5) is 0 Å². The van der Waals surface area contributed by atoms with Gasteiger partial charge in [-0.1, -0.05) is 0 Å². The smallest absolute Gasteiger partial charge is 0.120 e. The van der Waals surface area contributed by atoms with Crippen LogP contribution in [-0.2, 0) is 0 Å². The van der Waals surface area contributed by atoms with Crippen molar-refractivity contribution in [1.29, 1.82) is 0 Å². The van der Waals surface area contributed by atoms with Crippen LogP contribution in [-0.4, -0.2) is 12.1 Å². The van der Waals surface area contributed by atoms with E-state index in [0.717, 1.165) is 24.6 Å². The minimum atomic E-state index is 0.855. The zero-order valence-electron chi connectivity index (χ0n) is 7.42. The van der Waals surface area contributed by atoms with Crippen LogP contribution >= 0.6 is 38.5 Å². The summed E-state index contributed by atoms with van der Waals surface area (Å²) in [6, 6.07) is 3.96. The van der Waals surface area contributed by atoms with Gasteiger partial charge in [-0.05, 0) is 50.7 Å². The maximum absolute atomic E-state index is 5.20. The molecule has 2 rings (SSSR count). The zero-order valence-corrected chi connectivity index (χ0v) is 11.2. The van der Waals surface area contributed by atoms with Crippen molar-refractivity contribution in [3.8, 4) is 5.75 Å². The first-order valence-corrected chi connectivity index (χ1v) is 5.86. The summed E-state index contributed by atoms with van der Waals surface area (Å²) in [6.45, 7) is 0. The zero-order chi connectivity index (χ0) is 10.1. The molecule has 2 nitrogen and oxygen atoms in total. The Balaban J connectivity index is 2.83. The number of nitrogens with zero attached hydrogens (tertiary/aromatic N) is 1. The molecule has 0 fully saturated rings. The lowest BCUT2D eigenvalue weighted by atomic mass is 10.2. The summed E-state index contributed by atoms with van der Waals surface area (Å²) in [5.74, 6) is 0.855. The van der Waals surface area contributed by atoms with Gasteiger partial charge in [0.15, 0.2) is 0 Å². The van der Waals surface area contributed by atoms with Crippen LogP contribution in [0.25, 0.3) is 10.8 Å². The third kappa shape index (κ3) is 1.72. The Labute approximate surface area is 104 Å². The van der Waals surface area contributed by atoms with Gasteiger partial charge >= 0.3 is 0 Å². The molecule has 0 radical (unpaired) electrons. The normalized spacial score (nSPS) is 10.5. The number of benzene rings is 1. The first-order chi connectivity index (χ1) is 6.72. The maximum Gasteiger partial charge on any atom is 0.120 e. The molecule has 1 aromatic heterocycles. The molecule has 0 saturated carbocycles. The van der Waals surface area contributed by atoms with E-state index in [1.54, 1.807) is 7.11 Å². The van der Waals surface area contributed by atoms with Gasteiger partial charge < -0.3 is 4.74 Å².